The molecule has 7 heteroatoms. The van der Waals surface area contributed by atoms with Crippen molar-refractivity contribution in [1.82, 2.24) is 10.2 Å². The molecule has 0 radical (unpaired) electrons. The molecular formula is C13H12ClF3N2O. The lowest BCUT2D eigenvalue weighted by molar-refractivity contribution is -0.284. The summed E-state index contributed by atoms with van der Waals surface area (Å²) in [6.45, 7) is 0. The molecule has 1 aromatic carbocycles. The third-order valence-corrected chi connectivity index (χ3v) is 4.39. The summed E-state index contributed by atoms with van der Waals surface area (Å²) in [4.78, 5) is 0. The number of aromatic nitrogens is 2. The topological polar surface area (TPSA) is 48.9 Å². The highest BCUT2D eigenvalue weighted by molar-refractivity contribution is 6.31. The Hall–Kier alpha value is -1.27. The van der Waals surface area contributed by atoms with Gasteiger partial charge in [0.15, 0.2) is 0 Å². The van der Waals surface area contributed by atoms with Gasteiger partial charge in [0.1, 0.15) is 0 Å². The Balaban J connectivity index is 2.13. The summed E-state index contributed by atoms with van der Waals surface area (Å²) in [5, 5.41) is 17.6. The Morgan fingerprint density at radius 3 is 2.60 bits per heavy atom. The second-order valence-electron chi connectivity index (χ2n) is 5.24. The lowest BCUT2D eigenvalue weighted by Gasteiger charge is -2.46. The van der Waals surface area contributed by atoms with Gasteiger partial charge in [0, 0.05) is 16.0 Å². The molecule has 108 valence electrons. The average Bonchev–Trinajstić information content (AvgIpc) is 2.71. The zero-order chi connectivity index (χ0) is 14.5. The second-order valence-corrected chi connectivity index (χ2v) is 5.68. The van der Waals surface area contributed by atoms with Crippen molar-refractivity contribution in [2.75, 3.05) is 0 Å². The summed E-state index contributed by atoms with van der Waals surface area (Å²) in [6, 6.07) is 2.97. The van der Waals surface area contributed by atoms with Gasteiger partial charge in [-0.1, -0.05) is 18.0 Å². The van der Waals surface area contributed by atoms with Crippen LogP contribution in [-0.2, 0) is 0 Å². The number of halogens is 4. The van der Waals surface area contributed by atoms with Crippen LogP contribution in [0, 0.1) is 5.41 Å². The van der Waals surface area contributed by atoms with Crippen LogP contribution in [0.4, 0.5) is 13.2 Å². The van der Waals surface area contributed by atoms with Crippen molar-refractivity contribution in [3.8, 4) is 0 Å². The van der Waals surface area contributed by atoms with E-state index in [2.05, 4.69) is 10.2 Å². The lowest BCUT2D eigenvalue weighted by Crippen LogP contribution is -2.48. The van der Waals surface area contributed by atoms with Crippen LogP contribution in [0.5, 0.6) is 0 Å². The van der Waals surface area contributed by atoms with E-state index in [0.29, 0.717) is 17.3 Å². The minimum Gasteiger partial charge on any atom is -0.387 e. The van der Waals surface area contributed by atoms with Crippen LogP contribution in [0.15, 0.2) is 18.3 Å². The molecule has 3 nitrogen and oxygen atoms in total. The number of rotatable bonds is 2. The summed E-state index contributed by atoms with van der Waals surface area (Å²) < 4.78 is 39.9. The minimum absolute atomic E-state index is 0.0696. The van der Waals surface area contributed by atoms with Crippen molar-refractivity contribution in [2.24, 2.45) is 5.41 Å². The van der Waals surface area contributed by atoms with Gasteiger partial charge in [-0.3, -0.25) is 5.10 Å². The highest BCUT2D eigenvalue weighted by atomic mass is 35.5. The summed E-state index contributed by atoms with van der Waals surface area (Å²) in [5.74, 6) is 0. The summed E-state index contributed by atoms with van der Waals surface area (Å²) in [6.07, 6.45) is -4.29. The molecule has 0 bridgehead atoms. The molecule has 0 spiro atoms. The standard InChI is InChI=1S/C13H12ClF3N2O/c14-8-4-7-6-18-19-10(7)9(5-8)11(20)12(2-1-3-12)13(15,16)17/h4-6,11,20H,1-3H2,(H,18,19). The Kier molecular flexibility index (Phi) is 2.99. The molecular weight excluding hydrogens is 293 g/mol. The van der Waals surface area contributed by atoms with Crippen molar-refractivity contribution < 1.29 is 18.3 Å². The molecule has 20 heavy (non-hydrogen) atoms. The lowest BCUT2D eigenvalue weighted by atomic mass is 9.63. The number of H-pyrrole nitrogens is 1. The van der Waals surface area contributed by atoms with E-state index in [-0.39, 0.29) is 23.4 Å². The van der Waals surface area contributed by atoms with E-state index in [4.69, 9.17) is 11.6 Å². The monoisotopic (exact) mass is 304 g/mol. The van der Waals surface area contributed by atoms with Gasteiger partial charge in [0.25, 0.3) is 0 Å². The largest absolute Gasteiger partial charge is 0.397 e. The maximum Gasteiger partial charge on any atom is 0.397 e. The van der Waals surface area contributed by atoms with E-state index in [1.807, 2.05) is 0 Å². The van der Waals surface area contributed by atoms with Crippen molar-refractivity contribution in [1.29, 1.82) is 0 Å². The number of fused-ring (bicyclic) bond motifs is 1. The average molecular weight is 305 g/mol. The predicted molar refractivity (Wildman–Crippen MR) is 68.4 cm³/mol. The number of hydrogen-bond acceptors (Lipinski definition) is 2. The third kappa shape index (κ3) is 1.82. The molecule has 0 saturated heterocycles. The molecule has 1 aliphatic rings. The molecule has 1 aromatic heterocycles. The molecule has 0 amide bonds. The van der Waals surface area contributed by atoms with E-state index in [1.165, 1.54) is 12.3 Å². The van der Waals surface area contributed by atoms with E-state index >= 15 is 0 Å². The smallest absolute Gasteiger partial charge is 0.387 e. The summed E-state index contributed by atoms with van der Waals surface area (Å²) in [7, 11) is 0. The summed E-state index contributed by atoms with van der Waals surface area (Å²) in [5.41, 5.74) is -1.52. The van der Waals surface area contributed by atoms with E-state index in [9.17, 15) is 18.3 Å². The predicted octanol–water partition coefficient (Wildman–Crippen LogP) is 3.98. The number of benzene rings is 1. The van der Waals surface area contributed by atoms with Crippen molar-refractivity contribution in [3.05, 3.63) is 28.9 Å². The SMILES string of the molecule is OC(c1cc(Cl)cc2cn[nH]c12)C1(C(F)(F)F)CCC1. The fourth-order valence-electron chi connectivity index (χ4n) is 2.83. The number of aromatic amines is 1. The van der Waals surface area contributed by atoms with Crippen molar-refractivity contribution in [3.63, 3.8) is 0 Å². The number of hydrogen-bond donors (Lipinski definition) is 2. The molecule has 2 N–H and O–H groups in total. The zero-order valence-corrected chi connectivity index (χ0v) is 11.1. The quantitative estimate of drug-likeness (QED) is 0.881. The van der Waals surface area contributed by atoms with Gasteiger partial charge in [0.2, 0.25) is 0 Å². The maximum atomic E-state index is 13.3. The van der Waals surface area contributed by atoms with Gasteiger partial charge in [-0.25, -0.2) is 0 Å². The first-order valence-corrected chi connectivity index (χ1v) is 6.60. The molecule has 1 saturated carbocycles. The van der Waals surface area contributed by atoms with Gasteiger partial charge >= 0.3 is 6.18 Å². The molecule has 1 aliphatic carbocycles. The minimum atomic E-state index is -4.45. The van der Waals surface area contributed by atoms with Crippen LogP contribution in [0.3, 0.4) is 0 Å². The number of nitrogens with one attached hydrogen (secondary N) is 1. The fraction of sp³-hybridized carbons (Fsp3) is 0.462. The van der Waals surface area contributed by atoms with Gasteiger partial charge in [-0.05, 0) is 25.0 Å². The Morgan fingerprint density at radius 2 is 2.05 bits per heavy atom. The Morgan fingerprint density at radius 1 is 1.35 bits per heavy atom. The second kappa shape index (κ2) is 4.36. The molecule has 1 unspecified atom stereocenters. The number of aliphatic hydroxyl groups is 1. The highest BCUT2D eigenvalue weighted by Gasteiger charge is 2.62. The fourth-order valence-corrected chi connectivity index (χ4v) is 3.07. The first-order chi connectivity index (χ1) is 9.35. The molecule has 1 atom stereocenters. The molecule has 2 aromatic rings. The first kappa shape index (κ1) is 13.7. The molecule has 0 aliphatic heterocycles. The van der Waals surface area contributed by atoms with Crippen molar-refractivity contribution >= 4 is 22.5 Å². The first-order valence-electron chi connectivity index (χ1n) is 6.22. The number of alkyl halides is 3. The Bertz CT molecular complexity index is 649. The van der Waals surface area contributed by atoms with Crippen LogP contribution in [0.25, 0.3) is 10.9 Å². The van der Waals surface area contributed by atoms with Crippen LogP contribution >= 0.6 is 11.6 Å². The molecule has 1 fully saturated rings. The van der Waals surface area contributed by atoms with E-state index in [1.54, 1.807) is 6.07 Å². The van der Waals surface area contributed by atoms with E-state index < -0.39 is 17.7 Å². The molecule has 3 rings (SSSR count). The van der Waals surface area contributed by atoms with Crippen LogP contribution in [0.2, 0.25) is 5.02 Å². The molecule has 1 heterocycles. The summed E-state index contributed by atoms with van der Waals surface area (Å²) >= 11 is 5.92. The number of aliphatic hydroxyl groups excluding tert-OH is 1. The third-order valence-electron chi connectivity index (χ3n) is 4.17. The van der Waals surface area contributed by atoms with Crippen molar-refractivity contribution in [2.45, 2.75) is 31.5 Å². The van der Waals surface area contributed by atoms with E-state index in [0.717, 1.165) is 0 Å². The van der Waals surface area contributed by atoms with Crippen LogP contribution in [0.1, 0.15) is 30.9 Å². The Labute approximate surface area is 117 Å². The zero-order valence-electron chi connectivity index (χ0n) is 10.3. The van der Waals surface area contributed by atoms with Crippen LogP contribution < -0.4 is 0 Å². The maximum absolute atomic E-state index is 13.3. The normalized spacial score (nSPS) is 19.9. The van der Waals surface area contributed by atoms with Gasteiger partial charge < -0.3 is 5.11 Å². The van der Waals surface area contributed by atoms with Gasteiger partial charge in [-0.2, -0.15) is 18.3 Å². The highest BCUT2D eigenvalue weighted by Crippen LogP contribution is 2.60. The number of nitrogens with zero attached hydrogens (tertiary/aromatic N) is 1. The van der Waals surface area contributed by atoms with Crippen LogP contribution in [-0.4, -0.2) is 21.5 Å². The van der Waals surface area contributed by atoms with Gasteiger partial charge in [0.05, 0.1) is 23.2 Å². The van der Waals surface area contributed by atoms with Gasteiger partial charge in [-0.15, -0.1) is 0 Å².